The van der Waals surface area contributed by atoms with E-state index in [-0.39, 0.29) is 0 Å². The van der Waals surface area contributed by atoms with E-state index in [1.807, 2.05) is 6.07 Å². The first-order chi connectivity index (χ1) is 7.65. The van der Waals surface area contributed by atoms with Gasteiger partial charge in [0.05, 0.1) is 5.56 Å². The molecule has 0 atom stereocenters. The molecule has 0 saturated heterocycles. The number of nitrogens with two attached hydrogens (primary N) is 1. The minimum Gasteiger partial charge on any atom is -0.488 e. The number of hydrogen-bond acceptors (Lipinski definition) is 2. The zero-order chi connectivity index (χ0) is 12.0. The molecule has 0 saturated carbocycles. The van der Waals surface area contributed by atoms with E-state index in [9.17, 15) is 4.79 Å². The van der Waals surface area contributed by atoms with Gasteiger partial charge >= 0.3 is 0 Å². The molecule has 0 aliphatic rings. The second-order valence-electron chi connectivity index (χ2n) is 2.95. The molecule has 5 heteroatoms. The fraction of sp³-hybridized carbons (Fsp3) is 0.182. The van der Waals surface area contributed by atoms with Gasteiger partial charge in [-0.15, -0.1) is 0 Å². The summed E-state index contributed by atoms with van der Waals surface area (Å²) in [6, 6.07) is 6.98. The van der Waals surface area contributed by atoms with Crippen molar-refractivity contribution >= 4 is 51.1 Å². The lowest BCUT2D eigenvalue weighted by atomic mass is 10.2. The van der Waals surface area contributed by atoms with Gasteiger partial charge in [0.1, 0.15) is 12.4 Å². The van der Waals surface area contributed by atoms with Crippen molar-refractivity contribution in [2.24, 2.45) is 5.73 Å². The van der Waals surface area contributed by atoms with E-state index in [0.29, 0.717) is 17.9 Å². The van der Waals surface area contributed by atoms with Crippen molar-refractivity contribution in [3.05, 3.63) is 39.5 Å². The SMILES string of the molecule is NC(=O)c1ccccc1OCC(I)=CCI. The van der Waals surface area contributed by atoms with Crippen molar-refractivity contribution in [2.75, 3.05) is 11.0 Å². The monoisotopic (exact) mass is 443 g/mol. The van der Waals surface area contributed by atoms with E-state index in [2.05, 4.69) is 51.3 Å². The molecule has 1 aromatic rings. The highest BCUT2D eigenvalue weighted by Crippen LogP contribution is 2.19. The van der Waals surface area contributed by atoms with Gasteiger partial charge in [0.15, 0.2) is 0 Å². The number of ether oxygens (including phenoxy) is 1. The van der Waals surface area contributed by atoms with Gasteiger partial charge in [0, 0.05) is 8.01 Å². The first kappa shape index (κ1) is 13.8. The third-order valence-electron chi connectivity index (χ3n) is 1.82. The Bertz CT molecular complexity index is 405. The van der Waals surface area contributed by atoms with Crippen LogP contribution in [0, 0.1) is 0 Å². The van der Waals surface area contributed by atoms with Crippen LogP contribution < -0.4 is 10.5 Å². The third-order valence-corrected chi connectivity index (χ3v) is 3.01. The molecule has 0 aromatic heterocycles. The normalized spacial score (nSPS) is 11.2. The Morgan fingerprint density at radius 3 is 2.75 bits per heavy atom. The van der Waals surface area contributed by atoms with Gasteiger partial charge in [0.25, 0.3) is 5.91 Å². The Hall–Kier alpha value is -0.310. The number of carbonyl (C=O) groups is 1. The Labute approximate surface area is 122 Å². The Morgan fingerprint density at radius 1 is 1.44 bits per heavy atom. The Morgan fingerprint density at radius 2 is 2.12 bits per heavy atom. The summed E-state index contributed by atoms with van der Waals surface area (Å²) in [5.74, 6) is 0.0644. The van der Waals surface area contributed by atoms with Crippen molar-refractivity contribution in [1.82, 2.24) is 0 Å². The van der Waals surface area contributed by atoms with Crippen LogP contribution in [0.25, 0.3) is 0 Å². The summed E-state index contributed by atoms with van der Waals surface area (Å²) in [5, 5.41) is 0. The van der Waals surface area contributed by atoms with Crippen LogP contribution in [0.1, 0.15) is 10.4 Å². The van der Waals surface area contributed by atoms with Crippen LogP contribution >= 0.6 is 45.2 Å². The molecule has 1 amide bonds. The summed E-state index contributed by atoms with van der Waals surface area (Å²) >= 11 is 4.48. The molecule has 0 bridgehead atoms. The number of rotatable bonds is 5. The van der Waals surface area contributed by atoms with Crippen molar-refractivity contribution in [2.45, 2.75) is 0 Å². The maximum atomic E-state index is 11.1. The van der Waals surface area contributed by atoms with Gasteiger partial charge in [0.2, 0.25) is 0 Å². The van der Waals surface area contributed by atoms with Crippen molar-refractivity contribution in [3.8, 4) is 5.75 Å². The fourth-order valence-electron chi connectivity index (χ4n) is 1.09. The molecule has 0 aliphatic carbocycles. The first-order valence-corrected chi connectivity index (χ1v) is 7.17. The van der Waals surface area contributed by atoms with Crippen LogP contribution in [0.2, 0.25) is 0 Å². The molecule has 0 heterocycles. The number of allylic oxidation sites excluding steroid dienone is 1. The molecular formula is C11H11I2NO2. The van der Waals surface area contributed by atoms with E-state index in [0.717, 1.165) is 8.01 Å². The van der Waals surface area contributed by atoms with Crippen molar-refractivity contribution in [1.29, 1.82) is 0 Å². The molecule has 0 spiro atoms. The number of para-hydroxylation sites is 1. The van der Waals surface area contributed by atoms with Gasteiger partial charge < -0.3 is 10.5 Å². The minimum atomic E-state index is -0.469. The van der Waals surface area contributed by atoms with Crippen LogP contribution in [0.4, 0.5) is 0 Å². The average molecular weight is 443 g/mol. The number of amides is 1. The first-order valence-electron chi connectivity index (χ1n) is 4.57. The minimum absolute atomic E-state index is 0.418. The second kappa shape index (κ2) is 7.10. The summed E-state index contributed by atoms with van der Waals surface area (Å²) in [5.41, 5.74) is 5.66. The van der Waals surface area contributed by atoms with Gasteiger partial charge in [-0.1, -0.05) is 40.8 Å². The van der Waals surface area contributed by atoms with Crippen LogP contribution in [0.15, 0.2) is 33.9 Å². The van der Waals surface area contributed by atoms with Crippen molar-refractivity contribution < 1.29 is 9.53 Å². The standard InChI is InChI=1S/C11H11I2NO2/c12-6-5-8(13)7-16-10-4-2-1-3-9(10)11(14)15/h1-5H,6-7H2,(H2,14,15). The summed E-state index contributed by atoms with van der Waals surface area (Å²) in [6.07, 6.45) is 2.06. The van der Waals surface area contributed by atoms with Crippen LogP contribution in [0.5, 0.6) is 5.75 Å². The lowest BCUT2D eigenvalue weighted by Crippen LogP contribution is -2.13. The van der Waals surface area contributed by atoms with Crippen molar-refractivity contribution in [3.63, 3.8) is 0 Å². The predicted octanol–water partition coefficient (Wildman–Crippen LogP) is 2.92. The predicted molar refractivity (Wildman–Crippen MR) is 81.4 cm³/mol. The zero-order valence-corrected chi connectivity index (χ0v) is 12.8. The molecular weight excluding hydrogens is 432 g/mol. The van der Waals surface area contributed by atoms with Gasteiger partial charge in [-0.05, 0) is 34.7 Å². The Balaban J connectivity index is 2.74. The molecule has 0 unspecified atom stereocenters. The number of primary amides is 1. The van der Waals surface area contributed by atoms with Crippen LogP contribution in [-0.4, -0.2) is 16.9 Å². The summed E-state index contributed by atoms with van der Waals surface area (Å²) < 4.78 is 7.58. The van der Waals surface area contributed by atoms with Crippen LogP contribution in [0.3, 0.4) is 0 Å². The number of carbonyl (C=O) groups excluding carboxylic acids is 1. The van der Waals surface area contributed by atoms with E-state index in [1.165, 1.54) is 0 Å². The maximum Gasteiger partial charge on any atom is 0.252 e. The Kier molecular flexibility index (Phi) is 6.10. The third kappa shape index (κ3) is 4.28. The number of alkyl halides is 1. The highest BCUT2D eigenvalue weighted by atomic mass is 127. The highest BCUT2D eigenvalue weighted by molar-refractivity contribution is 14.1. The second-order valence-corrected chi connectivity index (χ2v) is 5.22. The summed E-state index contributed by atoms with van der Waals surface area (Å²) in [7, 11) is 0. The molecule has 16 heavy (non-hydrogen) atoms. The topological polar surface area (TPSA) is 52.3 Å². The number of benzene rings is 1. The smallest absolute Gasteiger partial charge is 0.252 e. The molecule has 3 nitrogen and oxygen atoms in total. The van der Waals surface area contributed by atoms with E-state index < -0.39 is 5.91 Å². The molecule has 2 N–H and O–H groups in total. The maximum absolute atomic E-state index is 11.1. The van der Waals surface area contributed by atoms with Gasteiger partial charge in [-0.3, -0.25) is 4.79 Å². The molecule has 0 radical (unpaired) electrons. The van der Waals surface area contributed by atoms with Gasteiger partial charge in [-0.2, -0.15) is 0 Å². The van der Waals surface area contributed by atoms with E-state index in [1.54, 1.807) is 18.2 Å². The average Bonchev–Trinajstić information content (AvgIpc) is 2.27. The number of hydrogen-bond donors (Lipinski definition) is 1. The molecule has 86 valence electrons. The quantitative estimate of drug-likeness (QED) is 0.563. The summed E-state index contributed by atoms with van der Waals surface area (Å²) in [6.45, 7) is 0.466. The van der Waals surface area contributed by atoms with E-state index in [4.69, 9.17) is 10.5 Å². The van der Waals surface area contributed by atoms with Crippen LogP contribution in [-0.2, 0) is 0 Å². The molecule has 1 rings (SSSR count). The number of halogens is 2. The highest BCUT2D eigenvalue weighted by Gasteiger charge is 2.07. The molecule has 0 aliphatic heterocycles. The molecule has 1 aromatic carbocycles. The zero-order valence-electron chi connectivity index (χ0n) is 8.45. The lowest BCUT2D eigenvalue weighted by Gasteiger charge is -2.08. The molecule has 0 fully saturated rings. The lowest BCUT2D eigenvalue weighted by molar-refractivity contribution is 0.0997. The summed E-state index contributed by atoms with van der Waals surface area (Å²) in [4.78, 5) is 11.1. The largest absolute Gasteiger partial charge is 0.488 e. The fourth-order valence-corrected chi connectivity index (χ4v) is 2.84. The van der Waals surface area contributed by atoms with E-state index >= 15 is 0 Å². The van der Waals surface area contributed by atoms with Gasteiger partial charge in [-0.25, -0.2) is 0 Å².